The van der Waals surface area contributed by atoms with Crippen molar-refractivity contribution in [1.29, 1.82) is 0 Å². The van der Waals surface area contributed by atoms with Gasteiger partial charge in [0.25, 0.3) is 11.5 Å². The highest BCUT2D eigenvalue weighted by Crippen LogP contribution is 2.18. The van der Waals surface area contributed by atoms with Crippen molar-refractivity contribution in [1.82, 2.24) is 29.6 Å². The molecule has 0 bridgehead atoms. The molecule has 0 radical (unpaired) electrons. The highest BCUT2D eigenvalue weighted by Gasteiger charge is 2.13. The topological polar surface area (TPSA) is 97.6 Å². The lowest BCUT2D eigenvalue weighted by molar-refractivity contribution is 0.0954. The van der Waals surface area contributed by atoms with Crippen LogP contribution in [-0.4, -0.2) is 36.8 Å². The van der Waals surface area contributed by atoms with E-state index in [1.54, 1.807) is 24.5 Å². The van der Waals surface area contributed by atoms with E-state index in [1.807, 2.05) is 43.5 Å². The predicted octanol–water partition coefficient (Wildman–Crippen LogP) is 3.25. The van der Waals surface area contributed by atoms with Gasteiger partial charge in [0, 0.05) is 25.1 Å². The molecule has 0 unspecified atom stereocenters. The maximum atomic E-state index is 13.2. The summed E-state index contributed by atoms with van der Waals surface area (Å²) in [7, 11) is 0. The Bertz CT molecular complexity index is 1430. The quantitative estimate of drug-likeness (QED) is 0.441. The fraction of sp³-hybridized carbons (Fsp3) is 0.261. The number of aryl methyl sites for hydroxylation is 2. The molecule has 2 aromatic heterocycles. The lowest BCUT2D eigenvalue weighted by Gasteiger charge is -2.13. The Morgan fingerprint density at radius 1 is 1.22 bits per heavy atom. The molecule has 2 N–H and O–H groups in total. The minimum Gasteiger partial charge on any atom is -0.352 e. The maximum Gasteiger partial charge on any atom is 0.266 e. The first-order chi connectivity index (χ1) is 15.4. The average Bonchev–Trinajstić information content (AvgIpc) is 3.23. The monoisotopic (exact) mass is 448 g/mol. The molecule has 1 amide bonds. The summed E-state index contributed by atoms with van der Waals surface area (Å²) in [5.74, 6) is 0.592. The van der Waals surface area contributed by atoms with Crippen molar-refractivity contribution >= 4 is 29.0 Å². The zero-order chi connectivity index (χ0) is 22.8. The van der Waals surface area contributed by atoms with Crippen molar-refractivity contribution in [3.8, 4) is 5.69 Å². The van der Waals surface area contributed by atoms with E-state index >= 15 is 0 Å². The number of nitrogens with one attached hydrogen (secondary N) is 2. The van der Waals surface area contributed by atoms with E-state index in [0.29, 0.717) is 29.4 Å². The highest BCUT2D eigenvalue weighted by molar-refractivity contribution is 7.71. The lowest BCUT2D eigenvalue weighted by atomic mass is 10.1. The Morgan fingerprint density at radius 3 is 2.81 bits per heavy atom. The van der Waals surface area contributed by atoms with Gasteiger partial charge in [0.1, 0.15) is 12.2 Å². The molecule has 0 spiro atoms. The molecule has 0 saturated carbocycles. The van der Waals surface area contributed by atoms with Crippen LogP contribution in [0.25, 0.3) is 16.6 Å². The van der Waals surface area contributed by atoms with Gasteiger partial charge < -0.3 is 14.9 Å². The van der Waals surface area contributed by atoms with Crippen LogP contribution in [0.3, 0.4) is 0 Å². The van der Waals surface area contributed by atoms with E-state index in [4.69, 9.17) is 12.2 Å². The fourth-order valence-corrected chi connectivity index (χ4v) is 3.97. The van der Waals surface area contributed by atoms with Crippen molar-refractivity contribution in [3.05, 3.63) is 80.4 Å². The smallest absolute Gasteiger partial charge is 0.266 e. The van der Waals surface area contributed by atoms with Gasteiger partial charge in [-0.05, 0) is 68.4 Å². The molecule has 32 heavy (non-hydrogen) atoms. The minimum atomic E-state index is -0.229. The number of fused-ring (bicyclic) bond motifs is 1. The number of benzene rings is 2. The molecule has 0 aliphatic carbocycles. The van der Waals surface area contributed by atoms with Gasteiger partial charge in [-0.3, -0.25) is 14.2 Å². The molecule has 164 valence electrons. The fourth-order valence-electron chi connectivity index (χ4n) is 3.68. The average molecular weight is 449 g/mol. The van der Waals surface area contributed by atoms with Crippen LogP contribution in [0.5, 0.6) is 0 Å². The molecule has 9 heteroatoms. The second-order valence-corrected chi connectivity index (χ2v) is 7.98. The molecule has 8 nitrogen and oxygen atoms in total. The third kappa shape index (κ3) is 3.99. The number of rotatable bonds is 6. The van der Waals surface area contributed by atoms with Crippen LogP contribution in [0, 0.1) is 18.6 Å². The zero-order valence-corrected chi connectivity index (χ0v) is 19.0. The number of hydrogen-bond donors (Lipinski definition) is 2. The van der Waals surface area contributed by atoms with E-state index < -0.39 is 0 Å². The predicted molar refractivity (Wildman–Crippen MR) is 126 cm³/mol. The number of nitrogens with zero attached hydrogens (tertiary/aromatic N) is 4. The van der Waals surface area contributed by atoms with Crippen LogP contribution >= 0.6 is 12.2 Å². The van der Waals surface area contributed by atoms with Gasteiger partial charge in [0.2, 0.25) is 0 Å². The summed E-state index contributed by atoms with van der Waals surface area (Å²) in [5.41, 5.74) is 3.57. The first kappa shape index (κ1) is 21.6. The van der Waals surface area contributed by atoms with Crippen LogP contribution in [0.15, 0.2) is 47.5 Å². The Hall–Kier alpha value is -3.59. The molecule has 2 heterocycles. The van der Waals surface area contributed by atoms with E-state index in [1.165, 1.54) is 4.57 Å². The standard InChI is InChI=1S/C23H24N6O2S/c1-4-28-13-25-27-20(28)10-11-24-21(30)16-8-9-17-18(12-16)26-23(32)29(22(17)31)19-7-5-6-14(2)15(19)3/h5-9,12-13H,4,10-11H2,1-3H3,(H,24,30)(H,26,32). The van der Waals surface area contributed by atoms with Crippen molar-refractivity contribution in [2.24, 2.45) is 0 Å². The summed E-state index contributed by atoms with van der Waals surface area (Å²) in [6.07, 6.45) is 2.25. The number of H-pyrrole nitrogens is 1. The van der Waals surface area contributed by atoms with Crippen molar-refractivity contribution in [2.75, 3.05) is 6.54 Å². The molecule has 0 aliphatic rings. The van der Waals surface area contributed by atoms with E-state index in [-0.39, 0.29) is 16.2 Å². The van der Waals surface area contributed by atoms with Crippen molar-refractivity contribution < 1.29 is 4.79 Å². The Morgan fingerprint density at radius 2 is 2.03 bits per heavy atom. The van der Waals surface area contributed by atoms with E-state index in [9.17, 15) is 9.59 Å². The molecule has 0 fully saturated rings. The largest absolute Gasteiger partial charge is 0.352 e. The summed E-state index contributed by atoms with van der Waals surface area (Å²) >= 11 is 5.49. The number of hydrogen-bond acceptors (Lipinski definition) is 5. The first-order valence-corrected chi connectivity index (χ1v) is 10.8. The van der Waals surface area contributed by atoms with Gasteiger partial charge in [0.05, 0.1) is 16.6 Å². The summed E-state index contributed by atoms with van der Waals surface area (Å²) in [5, 5.41) is 11.3. The number of carbonyl (C=O) groups is 1. The normalized spacial score (nSPS) is 11.1. The maximum absolute atomic E-state index is 13.2. The first-order valence-electron chi connectivity index (χ1n) is 10.4. The minimum absolute atomic E-state index is 0.219. The summed E-state index contributed by atoms with van der Waals surface area (Å²) < 4.78 is 3.72. The number of aromatic amines is 1. The molecular formula is C23H24N6O2S. The van der Waals surface area contributed by atoms with Gasteiger partial charge in [-0.15, -0.1) is 10.2 Å². The number of carbonyl (C=O) groups excluding carboxylic acids is 1. The van der Waals surface area contributed by atoms with Crippen LogP contribution in [0.1, 0.15) is 34.2 Å². The molecule has 0 atom stereocenters. The Kier molecular flexibility index (Phi) is 6.00. The molecule has 0 saturated heterocycles. The number of amides is 1. The summed E-state index contributed by atoms with van der Waals surface area (Å²) in [6, 6.07) is 10.7. The number of aromatic nitrogens is 5. The molecule has 4 rings (SSSR count). The highest BCUT2D eigenvalue weighted by atomic mass is 32.1. The molecule has 0 aliphatic heterocycles. The van der Waals surface area contributed by atoms with Gasteiger partial charge >= 0.3 is 0 Å². The lowest BCUT2D eigenvalue weighted by Crippen LogP contribution is -2.27. The van der Waals surface area contributed by atoms with Crippen LogP contribution in [0.4, 0.5) is 0 Å². The third-order valence-corrected chi connectivity index (χ3v) is 5.93. The van der Waals surface area contributed by atoms with Gasteiger partial charge in [-0.25, -0.2) is 0 Å². The SMILES string of the molecule is CCn1cnnc1CCNC(=O)c1ccc2c(=O)n(-c3cccc(C)c3C)c(=S)[nH]c2c1. The zero-order valence-electron chi connectivity index (χ0n) is 18.2. The third-order valence-electron chi connectivity index (χ3n) is 5.65. The van der Waals surface area contributed by atoms with Crippen LogP contribution in [0.2, 0.25) is 0 Å². The van der Waals surface area contributed by atoms with Gasteiger partial charge in [0.15, 0.2) is 4.77 Å². The molecule has 4 aromatic rings. The van der Waals surface area contributed by atoms with E-state index in [0.717, 1.165) is 29.2 Å². The molecular weight excluding hydrogens is 424 g/mol. The van der Waals surface area contributed by atoms with Crippen LogP contribution < -0.4 is 10.9 Å². The summed E-state index contributed by atoms with van der Waals surface area (Å²) in [6.45, 7) is 7.18. The second-order valence-electron chi connectivity index (χ2n) is 7.59. The van der Waals surface area contributed by atoms with Crippen LogP contribution in [-0.2, 0) is 13.0 Å². The molecule has 2 aromatic carbocycles. The summed E-state index contributed by atoms with van der Waals surface area (Å²) in [4.78, 5) is 29.0. The van der Waals surface area contributed by atoms with Gasteiger partial charge in [-0.2, -0.15) is 0 Å². The van der Waals surface area contributed by atoms with Crippen molar-refractivity contribution in [2.45, 2.75) is 33.7 Å². The van der Waals surface area contributed by atoms with Gasteiger partial charge in [-0.1, -0.05) is 12.1 Å². The van der Waals surface area contributed by atoms with Crippen molar-refractivity contribution in [3.63, 3.8) is 0 Å². The Labute approximate surface area is 189 Å². The second kappa shape index (κ2) is 8.88. The Balaban J connectivity index is 1.61. The van der Waals surface area contributed by atoms with E-state index in [2.05, 4.69) is 20.5 Å².